The highest BCUT2D eigenvalue weighted by atomic mass is 32.1. The van der Waals surface area contributed by atoms with Crippen molar-refractivity contribution >= 4 is 16.3 Å². The van der Waals surface area contributed by atoms with E-state index in [0.717, 1.165) is 0 Å². The molecule has 0 saturated heterocycles. The van der Waals surface area contributed by atoms with Crippen molar-refractivity contribution in [2.24, 2.45) is 5.73 Å². The molecule has 0 spiro atoms. The van der Waals surface area contributed by atoms with Gasteiger partial charge in [-0.15, -0.1) is 0 Å². The van der Waals surface area contributed by atoms with Crippen molar-refractivity contribution in [1.82, 2.24) is 14.6 Å². The van der Waals surface area contributed by atoms with Gasteiger partial charge in [0.1, 0.15) is 5.51 Å². The van der Waals surface area contributed by atoms with E-state index in [2.05, 4.69) is 10.1 Å². The van der Waals surface area contributed by atoms with Crippen molar-refractivity contribution in [3.8, 4) is 0 Å². The van der Waals surface area contributed by atoms with Gasteiger partial charge in [0.05, 0.1) is 5.69 Å². The van der Waals surface area contributed by atoms with E-state index in [4.69, 9.17) is 5.73 Å². The van der Waals surface area contributed by atoms with Gasteiger partial charge in [0, 0.05) is 12.6 Å². The van der Waals surface area contributed by atoms with Crippen LogP contribution < -0.4 is 11.3 Å². The van der Waals surface area contributed by atoms with E-state index in [1.807, 2.05) is 0 Å². The highest BCUT2D eigenvalue weighted by Crippen LogP contribution is 2.02. The average molecular weight is 182 g/mol. The summed E-state index contributed by atoms with van der Waals surface area (Å²) in [4.78, 5) is 15.9. The summed E-state index contributed by atoms with van der Waals surface area (Å²) < 4.78 is 1.25. The molecule has 0 aromatic carbocycles. The van der Waals surface area contributed by atoms with Crippen molar-refractivity contribution < 1.29 is 0 Å². The van der Waals surface area contributed by atoms with E-state index in [9.17, 15) is 4.79 Å². The molecule has 2 aromatic rings. The third-order valence-electron chi connectivity index (χ3n) is 1.45. The molecule has 0 unspecified atom stereocenters. The van der Waals surface area contributed by atoms with Gasteiger partial charge in [0.25, 0.3) is 5.56 Å². The maximum absolute atomic E-state index is 11.2. The molecule has 0 fully saturated rings. The Hall–Kier alpha value is -1.27. The van der Waals surface area contributed by atoms with Crippen LogP contribution in [0.15, 0.2) is 16.4 Å². The molecule has 0 aliphatic rings. The minimum atomic E-state index is -0.179. The van der Waals surface area contributed by atoms with E-state index in [0.29, 0.717) is 10.7 Å². The van der Waals surface area contributed by atoms with Crippen LogP contribution in [0.5, 0.6) is 0 Å². The lowest BCUT2D eigenvalue weighted by molar-refractivity contribution is 0.870. The van der Waals surface area contributed by atoms with Crippen LogP contribution in [0.1, 0.15) is 5.69 Å². The summed E-state index contributed by atoms with van der Waals surface area (Å²) in [5, 5.41) is 3.81. The van der Waals surface area contributed by atoms with Gasteiger partial charge < -0.3 is 5.73 Å². The van der Waals surface area contributed by atoms with Crippen LogP contribution in [0, 0.1) is 0 Å². The zero-order chi connectivity index (χ0) is 8.55. The smallest absolute Gasteiger partial charge is 0.275 e. The molecule has 0 aliphatic carbocycles. The van der Waals surface area contributed by atoms with Crippen molar-refractivity contribution in [3.05, 3.63) is 27.6 Å². The van der Waals surface area contributed by atoms with Gasteiger partial charge in [0.2, 0.25) is 4.96 Å². The summed E-state index contributed by atoms with van der Waals surface area (Å²) in [5.74, 6) is 0. The predicted octanol–water partition coefficient (Wildman–Crippen LogP) is -0.390. The van der Waals surface area contributed by atoms with Crippen molar-refractivity contribution in [2.45, 2.75) is 6.54 Å². The zero-order valence-electron chi connectivity index (χ0n) is 6.10. The molecular weight excluding hydrogens is 176 g/mol. The van der Waals surface area contributed by atoms with Gasteiger partial charge in [-0.2, -0.15) is 9.61 Å². The van der Waals surface area contributed by atoms with Crippen LogP contribution in [0.4, 0.5) is 0 Å². The standard InChI is InChI=1S/C6H6N4OS/c7-2-4-1-5(11)10-6(9-4)12-3-8-10/h1,3H,2,7H2. The molecule has 0 atom stereocenters. The van der Waals surface area contributed by atoms with Crippen LogP contribution in [0.25, 0.3) is 4.96 Å². The van der Waals surface area contributed by atoms with Gasteiger partial charge in [-0.1, -0.05) is 11.3 Å². The van der Waals surface area contributed by atoms with Gasteiger partial charge in [-0.05, 0) is 0 Å². The Morgan fingerprint density at radius 3 is 3.25 bits per heavy atom. The molecule has 2 aromatic heterocycles. The molecule has 6 heteroatoms. The summed E-state index contributed by atoms with van der Waals surface area (Å²) in [6.45, 7) is 0.281. The Morgan fingerprint density at radius 2 is 2.50 bits per heavy atom. The quantitative estimate of drug-likeness (QED) is 0.651. The lowest BCUT2D eigenvalue weighted by Crippen LogP contribution is -2.16. The Labute approximate surface area is 71.5 Å². The number of hydrogen-bond acceptors (Lipinski definition) is 5. The minimum absolute atomic E-state index is 0.179. The van der Waals surface area contributed by atoms with E-state index in [1.54, 1.807) is 5.51 Å². The second-order valence-electron chi connectivity index (χ2n) is 2.22. The van der Waals surface area contributed by atoms with E-state index in [-0.39, 0.29) is 12.1 Å². The first-order valence-corrected chi connectivity index (χ1v) is 4.22. The molecule has 5 nitrogen and oxygen atoms in total. The fraction of sp³-hybridized carbons (Fsp3) is 0.167. The van der Waals surface area contributed by atoms with E-state index >= 15 is 0 Å². The zero-order valence-corrected chi connectivity index (χ0v) is 6.91. The molecule has 0 amide bonds. The molecule has 0 aliphatic heterocycles. The fourth-order valence-corrected chi connectivity index (χ4v) is 1.55. The van der Waals surface area contributed by atoms with Crippen LogP contribution in [-0.2, 0) is 6.54 Å². The van der Waals surface area contributed by atoms with E-state index in [1.165, 1.54) is 21.9 Å². The molecule has 2 heterocycles. The SMILES string of the molecule is NCc1cc(=O)n2ncsc2n1. The minimum Gasteiger partial charge on any atom is -0.325 e. The number of nitrogens with two attached hydrogens (primary N) is 1. The van der Waals surface area contributed by atoms with Crippen LogP contribution in [0.3, 0.4) is 0 Å². The highest BCUT2D eigenvalue weighted by Gasteiger charge is 2.01. The molecule has 2 N–H and O–H groups in total. The monoisotopic (exact) mass is 182 g/mol. The average Bonchev–Trinajstić information content (AvgIpc) is 2.52. The Balaban J connectivity index is 2.84. The topological polar surface area (TPSA) is 73.3 Å². The Kier molecular flexibility index (Phi) is 1.63. The van der Waals surface area contributed by atoms with Crippen LogP contribution in [-0.4, -0.2) is 14.6 Å². The number of aromatic nitrogens is 3. The summed E-state index contributed by atoms with van der Waals surface area (Å²) in [6.07, 6.45) is 0. The third kappa shape index (κ3) is 1.01. The molecule has 0 bridgehead atoms. The molecule has 2 rings (SSSR count). The maximum atomic E-state index is 11.2. The number of rotatable bonds is 1. The lowest BCUT2D eigenvalue weighted by Gasteiger charge is -1.93. The summed E-state index contributed by atoms with van der Waals surface area (Å²) >= 11 is 1.32. The van der Waals surface area contributed by atoms with Gasteiger partial charge in [-0.25, -0.2) is 4.98 Å². The van der Waals surface area contributed by atoms with Crippen LogP contribution >= 0.6 is 11.3 Å². The predicted molar refractivity (Wildman–Crippen MR) is 45.0 cm³/mol. The van der Waals surface area contributed by atoms with Gasteiger partial charge >= 0.3 is 0 Å². The van der Waals surface area contributed by atoms with Gasteiger partial charge in [-0.3, -0.25) is 4.79 Å². The first kappa shape index (κ1) is 7.38. The second kappa shape index (κ2) is 2.65. The summed E-state index contributed by atoms with van der Waals surface area (Å²) in [5.41, 5.74) is 7.35. The second-order valence-corrected chi connectivity index (χ2v) is 3.03. The normalized spacial score (nSPS) is 10.8. The molecule has 12 heavy (non-hydrogen) atoms. The molecule has 62 valence electrons. The first-order valence-electron chi connectivity index (χ1n) is 3.34. The van der Waals surface area contributed by atoms with Crippen molar-refractivity contribution in [3.63, 3.8) is 0 Å². The Bertz CT molecular complexity index is 460. The van der Waals surface area contributed by atoms with Crippen molar-refractivity contribution in [1.29, 1.82) is 0 Å². The van der Waals surface area contributed by atoms with Crippen molar-refractivity contribution in [2.75, 3.05) is 0 Å². The lowest BCUT2D eigenvalue weighted by atomic mass is 10.4. The Morgan fingerprint density at radius 1 is 1.67 bits per heavy atom. The molecule has 0 radical (unpaired) electrons. The first-order chi connectivity index (χ1) is 5.81. The summed E-state index contributed by atoms with van der Waals surface area (Å²) in [6, 6.07) is 1.40. The molecule has 0 saturated carbocycles. The third-order valence-corrected chi connectivity index (χ3v) is 2.12. The van der Waals surface area contributed by atoms with Gasteiger partial charge in [0.15, 0.2) is 0 Å². The fourth-order valence-electron chi connectivity index (χ4n) is 0.905. The summed E-state index contributed by atoms with van der Waals surface area (Å²) in [7, 11) is 0. The van der Waals surface area contributed by atoms with E-state index < -0.39 is 0 Å². The maximum Gasteiger partial charge on any atom is 0.275 e. The molecular formula is C6H6N4OS. The number of hydrogen-bond donors (Lipinski definition) is 1. The largest absolute Gasteiger partial charge is 0.325 e. The highest BCUT2D eigenvalue weighted by molar-refractivity contribution is 7.14. The van der Waals surface area contributed by atoms with Crippen LogP contribution in [0.2, 0.25) is 0 Å². The number of nitrogens with zero attached hydrogens (tertiary/aromatic N) is 3. The number of fused-ring (bicyclic) bond motifs is 1.